The molecule has 116 valence electrons. The maximum atomic E-state index is 10.9. The minimum Gasteiger partial charge on any atom is -0.366 e. The van der Waals surface area contributed by atoms with Crippen LogP contribution in [0, 0.1) is 0 Å². The molecule has 0 aliphatic carbocycles. The highest BCUT2D eigenvalue weighted by Crippen LogP contribution is 2.45. The van der Waals surface area contributed by atoms with E-state index in [0.29, 0.717) is 5.56 Å². The molecule has 0 saturated heterocycles. The molecule has 0 aliphatic heterocycles. The molecule has 1 heterocycles. The van der Waals surface area contributed by atoms with Crippen molar-refractivity contribution >= 4 is 22.6 Å². The first-order chi connectivity index (χ1) is 10.4. The molecule has 1 aromatic carbocycles. The Morgan fingerprint density at radius 2 is 1.91 bits per heavy atom. The van der Waals surface area contributed by atoms with Crippen molar-refractivity contribution in [3.63, 3.8) is 0 Å². The first kappa shape index (κ1) is 16.0. The molecule has 2 rings (SSSR count). The highest BCUT2D eigenvalue weighted by Gasteiger charge is 2.19. The van der Waals surface area contributed by atoms with Crippen LogP contribution in [0.2, 0.25) is 0 Å². The highest BCUT2D eigenvalue weighted by atomic mass is 32.3. The summed E-state index contributed by atoms with van der Waals surface area (Å²) >= 11 is 0. The molecule has 0 spiro atoms. The molecule has 0 atom stereocenters. The maximum Gasteiger partial charge on any atom is 0.250 e. The van der Waals surface area contributed by atoms with E-state index in [1.165, 1.54) is 24.4 Å². The van der Waals surface area contributed by atoms with Crippen LogP contribution >= 0.6 is 10.9 Å². The third-order valence-corrected chi connectivity index (χ3v) is 3.70. The van der Waals surface area contributed by atoms with Gasteiger partial charge in [-0.05, 0) is 23.8 Å². The summed E-state index contributed by atoms with van der Waals surface area (Å²) in [4.78, 5) is 14.8. The SMILES string of the molecule is NC(=O)c1ccc(N=NCc2ccccc2S(O)(O)O)nc1. The van der Waals surface area contributed by atoms with E-state index in [2.05, 4.69) is 15.2 Å². The Balaban J connectivity index is 2.11. The number of pyridine rings is 1. The minimum atomic E-state index is -3.81. The smallest absolute Gasteiger partial charge is 0.250 e. The van der Waals surface area contributed by atoms with Gasteiger partial charge in [-0.3, -0.25) is 4.79 Å². The Morgan fingerprint density at radius 1 is 1.18 bits per heavy atom. The van der Waals surface area contributed by atoms with Gasteiger partial charge in [0, 0.05) is 6.20 Å². The van der Waals surface area contributed by atoms with Gasteiger partial charge in [-0.1, -0.05) is 18.2 Å². The zero-order valence-electron chi connectivity index (χ0n) is 11.3. The van der Waals surface area contributed by atoms with Crippen molar-refractivity contribution in [2.24, 2.45) is 16.0 Å². The lowest BCUT2D eigenvalue weighted by atomic mass is 10.2. The van der Waals surface area contributed by atoms with Gasteiger partial charge in [-0.15, -0.1) is 5.11 Å². The Morgan fingerprint density at radius 3 is 2.50 bits per heavy atom. The van der Waals surface area contributed by atoms with Crippen molar-refractivity contribution in [2.45, 2.75) is 11.4 Å². The monoisotopic (exact) mass is 322 g/mol. The molecule has 0 fully saturated rings. The number of nitrogens with zero attached hydrogens (tertiary/aromatic N) is 3. The summed E-state index contributed by atoms with van der Waals surface area (Å²) in [5.41, 5.74) is 5.79. The number of hydrogen-bond donors (Lipinski definition) is 4. The average Bonchev–Trinajstić information content (AvgIpc) is 2.47. The molecule has 9 heteroatoms. The van der Waals surface area contributed by atoms with Crippen LogP contribution in [0.4, 0.5) is 5.82 Å². The van der Waals surface area contributed by atoms with E-state index in [9.17, 15) is 18.5 Å². The number of hydrogen-bond acceptors (Lipinski definition) is 7. The zero-order valence-corrected chi connectivity index (χ0v) is 12.1. The van der Waals surface area contributed by atoms with Gasteiger partial charge in [-0.2, -0.15) is 5.11 Å². The van der Waals surface area contributed by atoms with Gasteiger partial charge < -0.3 is 19.4 Å². The molecule has 8 nitrogen and oxygen atoms in total. The molecule has 1 amide bonds. The molecule has 0 unspecified atom stereocenters. The predicted octanol–water partition coefficient (Wildman–Crippen LogP) is 3.05. The van der Waals surface area contributed by atoms with Gasteiger partial charge in [0.05, 0.1) is 17.0 Å². The van der Waals surface area contributed by atoms with Crippen LogP contribution in [0.1, 0.15) is 15.9 Å². The fourth-order valence-electron chi connectivity index (χ4n) is 1.68. The van der Waals surface area contributed by atoms with Crippen molar-refractivity contribution in [1.82, 2.24) is 4.98 Å². The van der Waals surface area contributed by atoms with Gasteiger partial charge in [0.2, 0.25) is 5.91 Å². The fourth-order valence-corrected chi connectivity index (χ4v) is 2.42. The van der Waals surface area contributed by atoms with Crippen molar-refractivity contribution in [1.29, 1.82) is 0 Å². The van der Waals surface area contributed by atoms with E-state index in [1.807, 2.05) is 0 Å². The van der Waals surface area contributed by atoms with Crippen LogP contribution in [-0.2, 0) is 6.54 Å². The number of azo groups is 1. The lowest BCUT2D eigenvalue weighted by Gasteiger charge is -2.21. The molecule has 22 heavy (non-hydrogen) atoms. The molecule has 0 aliphatic rings. The van der Waals surface area contributed by atoms with Crippen molar-refractivity contribution in [3.05, 3.63) is 53.7 Å². The van der Waals surface area contributed by atoms with Crippen molar-refractivity contribution < 1.29 is 18.5 Å². The Labute approximate surface area is 127 Å². The van der Waals surface area contributed by atoms with E-state index in [-0.39, 0.29) is 22.8 Å². The molecule has 0 bridgehead atoms. The van der Waals surface area contributed by atoms with E-state index >= 15 is 0 Å². The second-order valence-electron chi connectivity index (χ2n) is 4.30. The van der Waals surface area contributed by atoms with Crippen LogP contribution in [0.5, 0.6) is 0 Å². The Hall–Kier alpha value is -2.33. The fraction of sp³-hybridized carbons (Fsp3) is 0.0769. The van der Waals surface area contributed by atoms with Crippen LogP contribution in [-0.4, -0.2) is 24.5 Å². The topological polar surface area (TPSA) is 141 Å². The Bertz CT molecular complexity index is 698. The largest absolute Gasteiger partial charge is 0.366 e. The van der Waals surface area contributed by atoms with Crippen LogP contribution in [0.25, 0.3) is 0 Å². The molecule has 2 aromatic rings. The van der Waals surface area contributed by atoms with E-state index in [0.717, 1.165) is 0 Å². The summed E-state index contributed by atoms with van der Waals surface area (Å²) in [7, 11) is -3.81. The normalized spacial score (nSPS) is 12.5. The third kappa shape index (κ3) is 4.09. The van der Waals surface area contributed by atoms with Gasteiger partial charge >= 0.3 is 0 Å². The molecular formula is C13H14N4O4S. The maximum absolute atomic E-state index is 10.9. The zero-order chi connectivity index (χ0) is 16.2. The lowest BCUT2D eigenvalue weighted by Crippen LogP contribution is -2.10. The second kappa shape index (κ2) is 6.62. The number of amides is 1. The summed E-state index contributed by atoms with van der Waals surface area (Å²) in [5, 5.41) is 7.74. The highest BCUT2D eigenvalue weighted by molar-refractivity contribution is 8.19. The summed E-state index contributed by atoms with van der Waals surface area (Å²) in [6.45, 7) is 0.0336. The van der Waals surface area contributed by atoms with E-state index in [4.69, 9.17) is 5.73 Å². The summed E-state index contributed by atoms with van der Waals surface area (Å²) < 4.78 is 28.0. The molecule has 5 N–H and O–H groups in total. The molecular weight excluding hydrogens is 308 g/mol. The number of carbonyl (C=O) groups is 1. The van der Waals surface area contributed by atoms with Gasteiger partial charge in [0.15, 0.2) is 5.82 Å². The lowest BCUT2D eigenvalue weighted by molar-refractivity contribution is 0.1000. The molecule has 0 saturated carbocycles. The number of aromatic nitrogens is 1. The number of rotatable bonds is 5. The third-order valence-electron chi connectivity index (χ3n) is 2.71. The second-order valence-corrected chi connectivity index (χ2v) is 5.77. The van der Waals surface area contributed by atoms with Crippen LogP contribution in [0.3, 0.4) is 0 Å². The van der Waals surface area contributed by atoms with Gasteiger partial charge in [-0.25, -0.2) is 4.98 Å². The first-order valence-corrected chi connectivity index (χ1v) is 7.60. The van der Waals surface area contributed by atoms with Crippen molar-refractivity contribution in [2.75, 3.05) is 0 Å². The van der Waals surface area contributed by atoms with Crippen molar-refractivity contribution in [3.8, 4) is 0 Å². The van der Waals surface area contributed by atoms with Crippen LogP contribution in [0.15, 0.2) is 57.7 Å². The summed E-state index contributed by atoms with van der Waals surface area (Å²) in [6.07, 6.45) is 1.29. The number of benzene rings is 1. The number of nitrogens with two attached hydrogens (primary N) is 1. The standard InChI is InChI=1S/C13H14N4O4S/c14-13(18)10-5-6-12(15-7-10)17-16-8-9-3-1-2-4-11(9)22(19,20)21/h1-7,19-21H,8H2,(H2,14,18). The summed E-state index contributed by atoms with van der Waals surface area (Å²) in [5.74, 6) is -0.309. The average molecular weight is 322 g/mol. The predicted molar refractivity (Wildman–Crippen MR) is 81.2 cm³/mol. The quantitative estimate of drug-likeness (QED) is 0.626. The first-order valence-electron chi connectivity index (χ1n) is 6.10. The van der Waals surface area contributed by atoms with Gasteiger partial charge in [0.25, 0.3) is 0 Å². The van der Waals surface area contributed by atoms with Crippen LogP contribution < -0.4 is 5.73 Å². The van der Waals surface area contributed by atoms with E-state index in [1.54, 1.807) is 18.2 Å². The Kier molecular flexibility index (Phi) is 4.83. The number of carbonyl (C=O) groups excluding carboxylic acids is 1. The van der Waals surface area contributed by atoms with E-state index < -0.39 is 16.8 Å². The minimum absolute atomic E-state index is 0.00554. The van der Waals surface area contributed by atoms with Gasteiger partial charge in [0.1, 0.15) is 10.9 Å². The molecule has 1 aromatic heterocycles. The molecule has 0 radical (unpaired) electrons. The summed E-state index contributed by atoms with van der Waals surface area (Å²) in [6, 6.07) is 9.21. The number of primary amides is 1.